The van der Waals surface area contributed by atoms with Crippen molar-refractivity contribution in [3.8, 4) is 5.75 Å². The van der Waals surface area contributed by atoms with E-state index in [-0.39, 0.29) is 11.3 Å². The number of aromatic carboxylic acids is 1. The highest BCUT2D eigenvalue weighted by Crippen LogP contribution is 2.26. The van der Waals surface area contributed by atoms with Crippen molar-refractivity contribution in [1.82, 2.24) is 0 Å². The highest BCUT2D eigenvalue weighted by atomic mass is 127. The van der Waals surface area contributed by atoms with Crippen LogP contribution in [0.4, 0.5) is 4.39 Å². The molecule has 0 bridgehead atoms. The van der Waals surface area contributed by atoms with Gasteiger partial charge in [-0.25, -0.2) is 9.18 Å². The Morgan fingerprint density at radius 2 is 2.23 bits per heavy atom. The van der Waals surface area contributed by atoms with Gasteiger partial charge in [-0.05, 0) is 34.7 Å². The van der Waals surface area contributed by atoms with Crippen molar-refractivity contribution < 1.29 is 19.0 Å². The number of benzene rings is 1. The largest absolute Gasteiger partial charge is 0.493 e. The van der Waals surface area contributed by atoms with Crippen molar-refractivity contribution in [1.29, 1.82) is 0 Å². The maximum atomic E-state index is 13.2. The fourth-order valence-corrected chi connectivity index (χ4v) is 1.32. The van der Waals surface area contributed by atoms with E-state index in [1.54, 1.807) is 22.6 Å². The predicted molar refractivity (Wildman–Crippen MR) is 52.6 cm³/mol. The van der Waals surface area contributed by atoms with Crippen LogP contribution in [0.3, 0.4) is 0 Å². The maximum absolute atomic E-state index is 13.2. The summed E-state index contributed by atoms with van der Waals surface area (Å²) in [5, 5.41) is 8.66. The molecule has 0 amide bonds. The summed E-state index contributed by atoms with van der Waals surface area (Å²) in [6, 6.07) is 2.70. The minimum atomic E-state index is -1.20. The molecule has 1 aromatic carbocycles. The average molecular weight is 296 g/mol. The van der Waals surface area contributed by atoms with E-state index in [0.29, 0.717) is 3.57 Å². The Hall–Kier alpha value is -0.850. The van der Waals surface area contributed by atoms with Crippen LogP contribution >= 0.6 is 22.6 Å². The molecule has 13 heavy (non-hydrogen) atoms. The van der Waals surface area contributed by atoms with Gasteiger partial charge in [-0.1, -0.05) is 0 Å². The lowest BCUT2D eigenvalue weighted by Crippen LogP contribution is -2.03. The summed E-state index contributed by atoms with van der Waals surface area (Å²) < 4.78 is 18.2. The van der Waals surface area contributed by atoms with Gasteiger partial charge in [0.25, 0.3) is 0 Å². The molecule has 0 aliphatic rings. The molecule has 0 saturated carbocycles. The van der Waals surface area contributed by atoms with Gasteiger partial charge in [-0.2, -0.15) is 0 Å². The lowest BCUT2D eigenvalue weighted by molar-refractivity contribution is 0.0692. The Morgan fingerprint density at radius 1 is 1.62 bits per heavy atom. The summed E-state index contributed by atoms with van der Waals surface area (Å²) in [5.41, 5.74) is -0.166. The van der Waals surface area contributed by atoms with Crippen molar-refractivity contribution in [3.05, 3.63) is 27.1 Å². The van der Waals surface area contributed by atoms with Gasteiger partial charge in [0.2, 0.25) is 0 Å². The molecule has 0 aromatic heterocycles. The molecule has 0 spiro atoms. The van der Waals surface area contributed by atoms with Gasteiger partial charge in [0.05, 0.1) is 10.7 Å². The average Bonchev–Trinajstić information content (AvgIpc) is 2.09. The molecule has 0 aliphatic carbocycles. The smallest absolute Gasteiger partial charge is 0.339 e. The van der Waals surface area contributed by atoms with Crippen LogP contribution in [0.25, 0.3) is 0 Å². The van der Waals surface area contributed by atoms with Gasteiger partial charge in [0, 0.05) is 0 Å². The summed E-state index contributed by atoms with van der Waals surface area (Å²) in [7, 11) is 1.24. The van der Waals surface area contributed by atoms with E-state index < -0.39 is 11.8 Å². The molecule has 3 nitrogen and oxygen atoms in total. The standard InChI is InChI=1S/C8H6FIO3/c1-13-7-4(8(11)12)2-3-5(10)6(7)9/h2-3H,1H3,(H,11,12). The van der Waals surface area contributed by atoms with Crippen LogP contribution in [0.2, 0.25) is 0 Å². The van der Waals surface area contributed by atoms with E-state index in [1.165, 1.54) is 19.2 Å². The van der Waals surface area contributed by atoms with E-state index in [4.69, 9.17) is 5.11 Å². The first-order chi connectivity index (χ1) is 6.07. The van der Waals surface area contributed by atoms with Crippen molar-refractivity contribution in [2.75, 3.05) is 7.11 Å². The second-order valence-corrected chi connectivity index (χ2v) is 3.41. The van der Waals surface area contributed by atoms with Crippen LogP contribution in [0.1, 0.15) is 10.4 Å². The Morgan fingerprint density at radius 3 is 2.69 bits per heavy atom. The summed E-state index contributed by atoms with van der Waals surface area (Å²) >= 11 is 1.77. The summed E-state index contributed by atoms with van der Waals surface area (Å²) in [5.74, 6) is -2.06. The zero-order chi connectivity index (χ0) is 10.0. The summed E-state index contributed by atoms with van der Waals surface area (Å²) in [4.78, 5) is 10.6. The van der Waals surface area contributed by atoms with E-state index in [0.717, 1.165) is 0 Å². The van der Waals surface area contributed by atoms with E-state index in [9.17, 15) is 9.18 Å². The molecule has 0 unspecified atom stereocenters. The molecule has 0 atom stereocenters. The SMILES string of the molecule is COc1c(C(=O)O)ccc(I)c1F. The third-order valence-electron chi connectivity index (χ3n) is 1.48. The van der Waals surface area contributed by atoms with Gasteiger partial charge in [-0.15, -0.1) is 0 Å². The van der Waals surface area contributed by atoms with E-state index >= 15 is 0 Å². The molecule has 1 rings (SSSR count). The fraction of sp³-hybridized carbons (Fsp3) is 0.125. The minimum Gasteiger partial charge on any atom is -0.493 e. The van der Waals surface area contributed by atoms with Crippen LogP contribution in [0.15, 0.2) is 12.1 Å². The van der Waals surface area contributed by atoms with Gasteiger partial charge in [-0.3, -0.25) is 0 Å². The predicted octanol–water partition coefficient (Wildman–Crippen LogP) is 2.14. The number of hydrogen-bond acceptors (Lipinski definition) is 2. The van der Waals surface area contributed by atoms with Crippen LogP contribution < -0.4 is 4.74 Å². The van der Waals surface area contributed by atoms with E-state index in [2.05, 4.69) is 4.74 Å². The highest BCUT2D eigenvalue weighted by Gasteiger charge is 2.17. The van der Waals surface area contributed by atoms with Gasteiger partial charge >= 0.3 is 5.97 Å². The topological polar surface area (TPSA) is 46.5 Å². The Kier molecular flexibility index (Phi) is 3.07. The van der Waals surface area contributed by atoms with E-state index in [1.807, 2.05) is 0 Å². The molecule has 0 radical (unpaired) electrons. The number of halogens is 2. The third kappa shape index (κ3) is 1.90. The fourth-order valence-electron chi connectivity index (χ4n) is 0.900. The van der Waals surface area contributed by atoms with Gasteiger partial charge < -0.3 is 9.84 Å². The molecule has 5 heteroatoms. The first-order valence-corrected chi connectivity index (χ1v) is 4.41. The van der Waals surface area contributed by atoms with Crippen LogP contribution in [0, 0.1) is 9.39 Å². The molecule has 0 aliphatic heterocycles. The normalized spacial score (nSPS) is 9.77. The Balaban J connectivity index is 3.38. The number of ether oxygens (including phenoxy) is 1. The molecule has 70 valence electrons. The van der Waals surface area contributed by atoms with Crippen LogP contribution in [-0.2, 0) is 0 Å². The zero-order valence-corrected chi connectivity index (χ0v) is 8.83. The Labute approximate surface area is 87.7 Å². The van der Waals surface area contributed by atoms with Crippen molar-refractivity contribution in [3.63, 3.8) is 0 Å². The molecule has 1 N–H and O–H groups in total. The van der Waals surface area contributed by atoms with Crippen molar-refractivity contribution in [2.45, 2.75) is 0 Å². The first-order valence-electron chi connectivity index (χ1n) is 3.33. The molecule has 1 aromatic rings. The number of hydrogen-bond donors (Lipinski definition) is 1. The lowest BCUT2D eigenvalue weighted by Gasteiger charge is -2.06. The maximum Gasteiger partial charge on any atom is 0.339 e. The van der Waals surface area contributed by atoms with Crippen molar-refractivity contribution >= 4 is 28.6 Å². The Bertz CT molecular complexity index is 351. The highest BCUT2D eigenvalue weighted by molar-refractivity contribution is 14.1. The molecular formula is C8H6FIO3. The number of rotatable bonds is 2. The minimum absolute atomic E-state index is 0.166. The summed E-state index contributed by atoms with van der Waals surface area (Å²) in [6.07, 6.45) is 0. The molecule has 0 fully saturated rings. The summed E-state index contributed by atoms with van der Waals surface area (Å²) in [6.45, 7) is 0. The second kappa shape index (κ2) is 3.91. The van der Waals surface area contributed by atoms with Gasteiger partial charge in [0.1, 0.15) is 5.56 Å². The number of carboxylic acids is 1. The van der Waals surface area contributed by atoms with Gasteiger partial charge in [0.15, 0.2) is 11.6 Å². The number of carboxylic acid groups (broad SMARTS) is 1. The van der Waals surface area contributed by atoms with Crippen LogP contribution in [-0.4, -0.2) is 18.2 Å². The van der Waals surface area contributed by atoms with Crippen molar-refractivity contribution in [2.24, 2.45) is 0 Å². The zero-order valence-electron chi connectivity index (χ0n) is 6.67. The van der Waals surface area contributed by atoms with Crippen LogP contribution in [0.5, 0.6) is 5.75 Å². The third-order valence-corrected chi connectivity index (χ3v) is 2.32. The number of carbonyl (C=O) groups is 1. The molecule has 0 heterocycles. The monoisotopic (exact) mass is 296 g/mol. The second-order valence-electron chi connectivity index (χ2n) is 2.25. The quantitative estimate of drug-likeness (QED) is 0.851. The molecular weight excluding hydrogens is 290 g/mol. The number of methoxy groups -OCH3 is 1. The molecule has 0 saturated heterocycles. The first kappa shape index (κ1) is 10.2. The lowest BCUT2D eigenvalue weighted by atomic mass is 10.2.